The molecule has 2 N–H and O–H groups in total. The van der Waals surface area contributed by atoms with Gasteiger partial charge in [0.15, 0.2) is 0 Å². The lowest BCUT2D eigenvalue weighted by Gasteiger charge is -2.24. The minimum absolute atomic E-state index is 0.330. The molecule has 2 aromatic rings. The number of carbonyl (C=O) groups is 2. The molecule has 2 rings (SSSR count). The smallest absolute Gasteiger partial charge is 0.239 e. The first-order valence-corrected chi connectivity index (χ1v) is 8.39. The van der Waals surface area contributed by atoms with Gasteiger partial charge in [0.2, 0.25) is 11.8 Å². The van der Waals surface area contributed by atoms with Crippen LogP contribution in [0.25, 0.3) is 0 Å². The summed E-state index contributed by atoms with van der Waals surface area (Å²) >= 11 is 0. The number of carbonyl (C=O) groups excluding carboxylic acids is 2. The van der Waals surface area contributed by atoms with Gasteiger partial charge >= 0.3 is 0 Å². The van der Waals surface area contributed by atoms with Gasteiger partial charge in [0, 0.05) is 11.4 Å². The highest BCUT2D eigenvalue weighted by atomic mass is 16.2. The van der Waals surface area contributed by atoms with Crippen molar-refractivity contribution in [1.82, 2.24) is 0 Å². The van der Waals surface area contributed by atoms with E-state index >= 15 is 0 Å². The second-order valence-corrected chi connectivity index (χ2v) is 7.10. The van der Waals surface area contributed by atoms with Crippen LogP contribution >= 0.6 is 0 Å². The van der Waals surface area contributed by atoms with Gasteiger partial charge < -0.3 is 10.6 Å². The summed E-state index contributed by atoms with van der Waals surface area (Å²) in [6, 6.07) is 11.5. The van der Waals surface area contributed by atoms with Crippen molar-refractivity contribution in [3.05, 3.63) is 58.7 Å². The van der Waals surface area contributed by atoms with Crippen LogP contribution in [0.15, 0.2) is 36.4 Å². The average Bonchev–Trinajstić information content (AvgIpc) is 2.54. The summed E-state index contributed by atoms with van der Waals surface area (Å²) in [7, 11) is 0. The fraction of sp³-hybridized carbons (Fsp3) is 0.333. The normalized spacial score (nSPS) is 11.1. The highest BCUT2D eigenvalue weighted by molar-refractivity contribution is 6.14. The summed E-state index contributed by atoms with van der Waals surface area (Å²) in [6.07, 6.45) is 0. The maximum absolute atomic E-state index is 12.7. The second kappa shape index (κ2) is 7.09. The molecule has 132 valence electrons. The van der Waals surface area contributed by atoms with E-state index in [4.69, 9.17) is 0 Å². The molecular formula is C21H26N2O2. The molecule has 0 radical (unpaired) electrons. The summed E-state index contributed by atoms with van der Waals surface area (Å²) in [5.41, 5.74) is 4.45. The highest BCUT2D eigenvalue weighted by Crippen LogP contribution is 2.25. The molecule has 25 heavy (non-hydrogen) atoms. The Morgan fingerprint density at radius 3 is 2.00 bits per heavy atom. The van der Waals surface area contributed by atoms with E-state index in [0.717, 1.165) is 33.6 Å². The number of hydrogen-bond acceptors (Lipinski definition) is 2. The van der Waals surface area contributed by atoms with Crippen molar-refractivity contribution in [2.75, 3.05) is 10.6 Å². The maximum Gasteiger partial charge on any atom is 0.239 e. The largest absolute Gasteiger partial charge is 0.325 e. The molecule has 0 aromatic heterocycles. The predicted octanol–water partition coefficient (Wildman–Crippen LogP) is 4.52. The van der Waals surface area contributed by atoms with Crippen LogP contribution in [-0.4, -0.2) is 11.8 Å². The monoisotopic (exact) mass is 338 g/mol. The van der Waals surface area contributed by atoms with E-state index in [0.29, 0.717) is 0 Å². The first-order chi connectivity index (χ1) is 11.6. The summed E-state index contributed by atoms with van der Waals surface area (Å²) in [5, 5.41) is 5.75. The van der Waals surface area contributed by atoms with Gasteiger partial charge in [-0.25, -0.2) is 0 Å². The Morgan fingerprint density at radius 1 is 0.800 bits per heavy atom. The number of anilines is 2. The Hall–Kier alpha value is -2.62. The predicted molar refractivity (Wildman–Crippen MR) is 103 cm³/mol. The standard InChI is InChI=1S/C21H26N2O2/c1-13-10-11-17(15(3)12-13)22-19(24)21(5,6)20(25)23-18-9-7-8-14(2)16(18)4/h7-12H,1-6H3,(H,22,24)(H,23,25). The third-order valence-electron chi connectivity index (χ3n) is 4.62. The number of rotatable bonds is 4. The lowest BCUT2D eigenvalue weighted by molar-refractivity contribution is -0.135. The van der Waals surface area contributed by atoms with Gasteiger partial charge in [0.25, 0.3) is 0 Å². The van der Waals surface area contributed by atoms with Crippen molar-refractivity contribution >= 4 is 23.2 Å². The van der Waals surface area contributed by atoms with Gasteiger partial charge in [-0.2, -0.15) is 0 Å². The van der Waals surface area contributed by atoms with Crippen molar-refractivity contribution in [1.29, 1.82) is 0 Å². The molecule has 0 heterocycles. The van der Waals surface area contributed by atoms with Crippen LogP contribution in [0.1, 0.15) is 36.1 Å². The molecule has 0 atom stereocenters. The van der Waals surface area contributed by atoms with Crippen LogP contribution in [0.5, 0.6) is 0 Å². The minimum Gasteiger partial charge on any atom is -0.325 e. The van der Waals surface area contributed by atoms with Crippen molar-refractivity contribution in [2.45, 2.75) is 41.5 Å². The van der Waals surface area contributed by atoms with Crippen LogP contribution in [0.2, 0.25) is 0 Å². The lowest BCUT2D eigenvalue weighted by atomic mass is 9.90. The van der Waals surface area contributed by atoms with E-state index in [1.165, 1.54) is 0 Å². The Bertz CT molecular complexity index is 823. The summed E-state index contributed by atoms with van der Waals surface area (Å²) in [6.45, 7) is 11.1. The zero-order valence-corrected chi connectivity index (χ0v) is 15.8. The Balaban J connectivity index is 2.17. The Kier molecular flexibility index (Phi) is 5.31. The van der Waals surface area contributed by atoms with Crippen molar-refractivity contribution in [3.8, 4) is 0 Å². The topological polar surface area (TPSA) is 58.2 Å². The molecule has 0 spiro atoms. The van der Waals surface area contributed by atoms with E-state index in [1.807, 2.05) is 64.1 Å². The molecule has 0 unspecified atom stereocenters. The zero-order chi connectivity index (χ0) is 18.8. The summed E-state index contributed by atoms with van der Waals surface area (Å²) in [5.74, 6) is -0.661. The zero-order valence-electron chi connectivity index (χ0n) is 15.8. The Labute approximate surface area is 149 Å². The number of aryl methyl sites for hydroxylation is 3. The highest BCUT2D eigenvalue weighted by Gasteiger charge is 2.36. The molecule has 2 aromatic carbocycles. The molecule has 0 aliphatic rings. The SMILES string of the molecule is Cc1ccc(NC(=O)C(C)(C)C(=O)Nc2cccc(C)c2C)c(C)c1. The van der Waals surface area contributed by atoms with Gasteiger partial charge in [-0.15, -0.1) is 0 Å². The van der Waals surface area contributed by atoms with Crippen LogP contribution in [0.3, 0.4) is 0 Å². The van der Waals surface area contributed by atoms with Crippen LogP contribution < -0.4 is 10.6 Å². The van der Waals surface area contributed by atoms with E-state index in [2.05, 4.69) is 10.6 Å². The fourth-order valence-electron chi connectivity index (χ4n) is 2.50. The molecule has 0 fully saturated rings. The Morgan fingerprint density at radius 2 is 1.40 bits per heavy atom. The average molecular weight is 338 g/mol. The minimum atomic E-state index is -1.20. The molecule has 0 aliphatic heterocycles. The van der Waals surface area contributed by atoms with Gasteiger partial charge in [-0.1, -0.05) is 29.8 Å². The number of amides is 2. The van der Waals surface area contributed by atoms with Crippen LogP contribution in [0.4, 0.5) is 11.4 Å². The third kappa shape index (κ3) is 4.08. The van der Waals surface area contributed by atoms with E-state index in [-0.39, 0.29) is 11.8 Å². The molecule has 0 aliphatic carbocycles. The third-order valence-corrected chi connectivity index (χ3v) is 4.62. The van der Waals surface area contributed by atoms with Crippen molar-refractivity contribution in [3.63, 3.8) is 0 Å². The van der Waals surface area contributed by atoms with E-state index < -0.39 is 5.41 Å². The van der Waals surface area contributed by atoms with Crippen LogP contribution in [0, 0.1) is 33.1 Å². The molecular weight excluding hydrogens is 312 g/mol. The van der Waals surface area contributed by atoms with Gasteiger partial charge in [-0.3, -0.25) is 9.59 Å². The maximum atomic E-state index is 12.7. The van der Waals surface area contributed by atoms with Gasteiger partial charge in [-0.05, 0) is 70.4 Å². The molecule has 0 saturated carbocycles. The lowest BCUT2D eigenvalue weighted by Crippen LogP contribution is -2.41. The molecule has 4 heteroatoms. The van der Waals surface area contributed by atoms with Gasteiger partial charge in [0.05, 0.1) is 0 Å². The van der Waals surface area contributed by atoms with Crippen LogP contribution in [-0.2, 0) is 9.59 Å². The number of hydrogen-bond donors (Lipinski definition) is 2. The fourth-order valence-corrected chi connectivity index (χ4v) is 2.50. The molecule has 0 saturated heterocycles. The van der Waals surface area contributed by atoms with Crippen molar-refractivity contribution < 1.29 is 9.59 Å². The van der Waals surface area contributed by atoms with Gasteiger partial charge in [0.1, 0.15) is 5.41 Å². The van der Waals surface area contributed by atoms with E-state index in [1.54, 1.807) is 13.8 Å². The number of nitrogens with one attached hydrogen (secondary N) is 2. The number of benzene rings is 2. The molecule has 4 nitrogen and oxygen atoms in total. The first kappa shape index (κ1) is 18.7. The first-order valence-electron chi connectivity index (χ1n) is 8.39. The molecule has 0 bridgehead atoms. The quantitative estimate of drug-likeness (QED) is 0.805. The molecule has 2 amide bonds. The second-order valence-electron chi connectivity index (χ2n) is 7.10. The summed E-state index contributed by atoms with van der Waals surface area (Å²) < 4.78 is 0. The summed E-state index contributed by atoms with van der Waals surface area (Å²) in [4.78, 5) is 25.4. The van der Waals surface area contributed by atoms with Crippen molar-refractivity contribution in [2.24, 2.45) is 5.41 Å². The van der Waals surface area contributed by atoms with E-state index in [9.17, 15) is 9.59 Å².